The predicted molar refractivity (Wildman–Crippen MR) is 79.0 cm³/mol. The molecule has 0 aromatic carbocycles. The Morgan fingerprint density at radius 2 is 1.75 bits per heavy atom. The molecule has 4 saturated carbocycles. The van der Waals surface area contributed by atoms with E-state index in [1.54, 1.807) is 6.20 Å². The lowest BCUT2D eigenvalue weighted by molar-refractivity contribution is -0.122. The summed E-state index contributed by atoms with van der Waals surface area (Å²) in [6, 6.07) is 1.97. The molecule has 108 valence electrons. The molecule has 0 amide bonds. The Kier molecular flexibility index (Phi) is 2.65. The lowest BCUT2D eigenvalue weighted by Gasteiger charge is -2.58. The van der Waals surface area contributed by atoms with Crippen molar-refractivity contribution in [2.45, 2.75) is 51.6 Å². The average Bonchev–Trinajstić information content (AvgIpc) is 2.36. The molecule has 3 N–H and O–H groups in total. The van der Waals surface area contributed by atoms with Gasteiger partial charge in [0.1, 0.15) is 5.82 Å². The van der Waals surface area contributed by atoms with E-state index >= 15 is 0 Å². The van der Waals surface area contributed by atoms with Crippen LogP contribution >= 0.6 is 0 Å². The van der Waals surface area contributed by atoms with Crippen LogP contribution in [-0.2, 0) is 0 Å². The Morgan fingerprint density at radius 1 is 1.20 bits per heavy atom. The highest BCUT2D eigenvalue weighted by Crippen LogP contribution is 2.64. The van der Waals surface area contributed by atoms with Crippen LogP contribution in [0, 0.1) is 30.1 Å². The van der Waals surface area contributed by atoms with Crippen molar-refractivity contribution < 1.29 is 5.11 Å². The molecule has 1 heterocycles. The van der Waals surface area contributed by atoms with Crippen LogP contribution in [-0.4, -0.2) is 10.1 Å². The minimum Gasteiger partial charge on any atom is -0.388 e. The Morgan fingerprint density at radius 3 is 2.25 bits per heavy atom. The zero-order valence-corrected chi connectivity index (χ0v) is 12.2. The van der Waals surface area contributed by atoms with Gasteiger partial charge in [0.25, 0.3) is 0 Å². The maximum atomic E-state index is 11.1. The van der Waals surface area contributed by atoms with Crippen LogP contribution in [0.15, 0.2) is 12.3 Å². The molecule has 1 unspecified atom stereocenters. The van der Waals surface area contributed by atoms with E-state index in [-0.39, 0.29) is 5.41 Å². The molecule has 0 saturated heterocycles. The highest BCUT2D eigenvalue weighted by Gasteiger charge is 2.54. The van der Waals surface area contributed by atoms with E-state index in [1.165, 1.54) is 38.5 Å². The monoisotopic (exact) mass is 272 g/mol. The topological polar surface area (TPSA) is 59.1 Å². The maximum absolute atomic E-state index is 11.1. The molecule has 4 aliphatic carbocycles. The molecule has 20 heavy (non-hydrogen) atoms. The molecule has 1 atom stereocenters. The molecule has 3 heteroatoms. The summed E-state index contributed by atoms with van der Waals surface area (Å²) >= 11 is 0. The number of hydrogen-bond acceptors (Lipinski definition) is 3. The predicted octanol–water partition coefficient (Wildman–Crippen LogP) is 3.22. The van der Waals surface area contributed by atoms with Gasteiger partial charge in [-0.3, -0.25) is 0 Å². The number of rotatable bonds is 2. The number of anilines is 1. The fourth-order valence-corrected chi connectivity index (χ4v) is 5.77. The number of aromatic nitrogens is 1. The van der Waals surface area contributed by atoms with Gasteiger partial charge >= 0.3 is 0 Å². The molecular formula is C17H24N2O. The van der Waals surface area contributed by atoms with Crippen molar-refractivity contribution in [2.24, 2.45) is 23.2 Å². The molecule has 4 aliphatic rings. The number of pyridine rings is 1. The van der Waals surface area contributed by atoms with E-state index in [0.29, 0.717) is 5.82 Å². The third-order valence-electron chi connectivity index (χ3n) is 6.18. The van der Waals surface area contributed by atoms with Crippen molar-refractivity contribution in [3.8, 4) is 0 Å². The lowest BCUT2D eigenvalue weighted by atomic mass is 9.47. The minimum absolute atomic E-state index is 0.0800. The van der Waals surface area contributed by atoms with Crippen molar-refractivity contribution >= 4 is 5.82 Å². The standard InChI is InChI=1S/C17H24N2O/c1-10-2-3-19-16(18)14(10)15(20)17-7-11-4-12(8-17)6-13(5-11)9-17/h2-3,11-13,15,20H,4-9H2,1H3,(H2,18,19). The van der Waals surface area contributed by atoms with Gasteiger partial charge in [-0.05, 0) is 74.8 Å². The Labute approximate surface area is 120 Å². The van der Waals surface area contributed by atoms with Gasteiger partial charge in [0.2, 0.25) is 0 Å². The second kappa shape index (κ2) is 4.20. The summed E-state index contributed by atoms with van der Waals surface area (Å²) in [7, 11) is 0. The fraction of sp³-hybridized carbons (Fsp3) is 0.706. The van der Waals surface area contributed by atoms with Gasteiger partial charge in [-0.25, -0.2) is 4.98 Å². The van der Waals surface area contributed by atoms with E-state index < -0.39 is 6.10 Å². The number of hydrogen-bond donors (Lipinski definition) is 2. The molecular weight excluding hydrogens is 248 g/mol. The zero-order chi connectivity index (χ0) is 13.9. The summed E-state index contributed by atoms with van der Waals surface area (Å²) < 4.78 is 0. The van der Waals surface area contributed by atoms with Crippen LogP contribution in [0.3, 0.4) is 0 Å². The Bertz CT molecular complexity index is 484. The van der Waals surface area contributed by atoms with E-state index in [1.807, 2.05) is 13.0 Å². The molecule has 1 aromatic heterocycles. The van der Waals surface area contributed by atoms with Crippen molar-refractivity contribution in [3.63, 3.8) is 0 Å². The van der Waals surface area contributed by atoms with Crippen molar-refractivity contribution in [1.82, 2.24) is 4.98 Å². The first kappa shape index (κ1) is 12.6. The quantitative estimate of drug-likeness (QED) is 0.869. The normalized spacial score (nSPS) is 40.0. The molecule has 5 rings (SSSR count). The largest absolute Gasteiger partial charge is 0.388 e. The first-order valence-electron chi connectivity index (χ1n) is 7.96. The highest BCUT2D eigenvalue weighted by atomic mass is 16.3. The van der Waals surface area contributed by atoms with Crippen molar-refractivity contribution in [1.29, 1.82) is 0 Å². The van der Waals surface area contributed by atoms with Crippen LogP contribution in [0.4, 0.5) is 5.82 Å². The number of aliphatic hydroxyl groups excluding tert-OH is 1. The van der Waals surface area contributed by atoms with Crippen LogP contribution in [0.25, 0.3) is 0 Å². The van der Waals surface area contributed by atoms with Crippen molar-refractivity contribution in [2.75, 3.05) is 5.73 Å². The van der Waals surface area contributed by atoms with E-state index in [4.69, 9.17) is 5.73 Å². The smallest absolute Gasteiger partial charge is 0.129 e. The molecule has 1 aromatic rings. The number of nitrogens with two attached hydrogens (primary N) is 1. The number of nitrogen functional groups attached to an aromatic ring is 1. The fourth-order valence-electron chi connectivity index (χ4n) is 5.77. The summed E-state index contributed by atoms with van der Waals surface area (Å²) in [5.74, 6) is 3.05. The Balaban J connectivity index is 1.73. The summed E-state index contributed by atoms with van der Waals surface area (Å²) in [6.07, 6.45) is 9.06. The van der Waals surface area contributed by atoms with Gasteiger partial charge in [-0.15, -0.1) is 0 Å². The van der Waals surface area contributed by atoms with E-state index in [2.05, 4.69) is 4.98 Å². The van der Waals surface area contributed by atoms with Gasteiger partial charge < -0.3 is 10.8 Å². The highest BCUT2D eigenvalue weighted by molar-refractivity contribution is 5.46. The van der Waals surface area contributed by atoms with Crippen molar-refractivity contribution in [3.05, 3.63) is 23.4 Å². The van der Waals surface area contributed by atoms with E-state index in [0.717, 1.165) is 28.9 Å². The summed E-state index contributed by atoms with van der Waals surface area (Å²) in [5.41, 5.74) is 8.13. The molecule has 3 nitrogen and oxygen atoms in total. The second-order valence-corrected chi connectivity index (χ2v) is 7.61. The first-order valence-corrected chi connectivity index (χ1v) is 7.96. The van der Waals surface area contributed by atoms with Crippen LogP contribution in [0.2, 0.25) is 0 Å². The number of aliphatic hydroxyl groups is 1. The summed E-state index contributed by atoms with van der Waals surface area (Å²) in [4.78, 5) is 4.21. The molecule has 4 fully saturated rings. The molecule has 0 radical (unpaired) electrons. The lowest BCUT2D eigenvalue weighted by Crippen LogP contribution is -2.49. The van der Waals surface area contributed by atoms with Gasteiger partial charge in [-0.2, -0.15) is 0 Å². The third-order valence-corrected chi connectivity index (χ3v) is 6.18. The van der Waals surface area contributed by atoms with Gasteiger partial charge in [0.05, 0.1) is 6.10 Å². The number of nitrogens with zero attached hydrogens (tertiary/aromatic N) is 1. The zero-order valence-electron chi connectivity index (χ0n) is 12.2. The van der Waals surface area contributed by atoms with Crippen LogP contribution in [0.1, 0.15) is 55.8 Å². The Hall–Kier alpha value is -1.09. The van der Waals surface area contributed by atoms with Gasteiger partial charge in [0, 0.05) is 17.2 Å². The van der Waals surface area contributed by atoms with Crippen LogP contribution in [0.5, 0.6) is 0 Å². The third kappa shape index (κ3) is 1.72. The molecule has 0 aliphatic heterocycles. The van der Waals surface area contributed by atoms with E-state index in [9.17, 15) is 5.11 Å². The minimum atomic E-state index is -0.426. The maximum Gasteiger partial charge on any atom is 0.129 e. The van der Waals surface area contributed by atoms with Crippen LogP contribution < -0.4 is 5.73 Å². The average molecular weight is 272 g/mol. The molecule has 0 spiro atoms. The first-order chi connectivity index (χ1) is 9.57. The van der Waals surface area contributed by atoms with Gasteiger partial charge in [0.15, 0.2) is 0 Å². The molecule has 4 bridgehead atoms. The SMILES string of the molecule is Cc1ccnc(N)c1C(O)C12CC3CC(CC(C3)C1)C2. The second-order valence-electron chi connectivity index (χ2n) is 7.61. The summed E-state index contributed by atoms with van der Waals surface area (Å²) in [6.45, 7) is 2.04. The summed E-state index contributed by atoms with van der Waals surface area (Å²) in [5, 5.41) is 11.1. The van der Waals surface area contributed by atoms with Gasteiger partial charge in [-0.1, -0.05) is 0 Å². The number of aryl methyl sites for hydroxylation is 1.